The molecule has 0 aliphatic carbocycles. The van der Waals surface area contributed by atoms with E-state index in [9.17, 15) is 38.7 Å². The zero-order valence-electron chi connectivity index (χ0n) is 38.3. The number of carboxylic acids is 1. The number of carboxylic acid groups (broad SMARTS) is 1. The van der Waals surface area contributed by atoms with E-state index in [1.807, 2.05) is 0 Å². The highest BCUT2D eigenvalue weighted by molar-refractivity contribution is 5.97. The molecule has 64 heavy (non-hydrogen) atoms. The summed E-state index contributed by atoms with van der Waals surface area (Å²) in [5, 5.41) is 26.1. The zero-order valence-corrected chi connectivity index (χ0v) is 38.3. The number of carbonyl (C=O) groups excluding carboxylic acids is 6. The first-order valence-corrected chi connectivity index (χ1v) is 23.5. The second kappa shape index (κ2) is 38.3. The summed E-state index contributed by atoms with van der Waals surface area (Å²) in [5.41, 5.74) is 45.9. The van der Waals surface area contributed by atoms with Crippen LogP contribution in [0.3, 0.4) is 0 Å². The van der Waals surface area contributed by atoms with Crippen LogP contribution in [-0.2, 0) is 33.6 Å². The van der Waals surface area contributed by atoms with Crippen molar-refractivity contribution in [1.29, 1.82) is 0 Å². The molecule has 0 spiro atoms. The van der Waals surface area contributed by atoms with Crippen LogP contribution in [0.2, 0.25) is 0 Å². The number of carbonyl (C=O) groups is 7. The number of unbranched alkanes of at least 4 members (excludes halogenated alkanes) is 7. The van der Waals surface area contributed by atoms with Gasteiger partial charge in [0, 0.05) is 0 Å². The van der Waals surface area contributed by atoms with Crippen molar-refractivity contribution in [3.8, 4) is 0 Å². The molecule has 0 saturated heterocycles. The molecule has 0 fully saturated rings. The number of rotatable bonds is 41. The smallest absolute Gasteiger partial charge is 0.326 e. The van der Waals surface area contributed by atoms with E-state index in [1.165, 1.54) is 0 Å². The van der Waals surface area contributed by atoms with Crippen LogP contribution in [0.4, 0.5) is 0 Å². The Morgan fingerprint density at radius 1 is 0.297 bits per heavy atom. The van der Waals surface area contributed by atoms with Crippen molar-refractivity contribution in [1.82, 2.24) is 31.9 Å². The molecule has 23 N–H and O–H groups in total. The van der Waals surface area contributed by atoms with Gasteiger partial charge in [0.25, 0.3) is 0 Å². The lowest BCUT2D eigenvalue weighted by Gasteiger charge is -2.28. The molecule has 0 aromatic heterocycles. The van der Waals surface area contributed by atoms with Crippen LogP contribution in [0.5, 0.6) is 0 Å². The van der Waals surface area contributed by atoms with Crippen molar-refractivity contribution in [2.45, 2.75) is 177 Å². The van der Waals surface area contributed by atoms with E-state index in [2.05, 4.69) is 31.9 Å². The molecule has 372 valence electrons. The molecule has 0 aromatic carbocycles. The van der Waals surface area contributed by atoms with Crippen molar-refractivity contribution in [3.05, 3.63) is 0 Å². The third-order valence-corrected chi connectivity index (χ3v) is 10.8. The highest BCUT2D eigenvalue weighted by Crippen LogP contribution is 2.11. The lowest BCUT2D eigenvalue weighted by atomic mass is 10.0. The molecule has 7 unspecified atom stereocenters. The SMILES string of the molecule is NCCCCC(N)C(=O)NC(CCCCN)C(=O)NC(CCCCN)C(=O)NC(CCCCN)C(=O)NC(CCCCN)C(=O)NC(CCCCN)C(=O)NC(CCCCN)C(=O)O. The van der Waals surface area contributed by atoms with Crippen molar-refractivity contribution >= 4 is 41.4 Å². The molecule has 0 saturated carbocycles. The fourth-order valence-corrected chi connectivity index (χ4v) is 6.84. The summed E-state index contributed by atoms with van der Waals surface area (Å²) in [5.74, 6) is -5.08. The van der Waals surface area contributed by atoms with Gasteiger partial charge in [-0.05, 0) is 174 Å². The number of aliphatic carboxylic acids is 1. The second-order valence-corrected chi connectivity index (χ2v) is 16.3. The molecule has 22 heteroatoms. The lowest BCUT2D eigenvalue weighted by Crippen LogP contribution is -2.59. The molecule has 6 amide bonds. The Morgan fingerprint density at radius 2 is 0.484 bits per heavy atom. The quantitative estimate of drug-likeness (QED) is 0.0276. The maximum absolute atomic E-state index is 14.1. The molecular formula is C42H86N14O8. The number of amides is 6. The molecule has 0 aromatic rings. The topological polar surface area (TPSA) is 420 Å². The highest BCUT2D eigenvalue weighted by Gasteiger charge is 2.33. The van der Waals surface area contributed by atoms with E-state index in [-0.39, 0.29) is 38.5 Å². The molecule has 0 aliphatic rings. The number of hydrogen-bond donors (Lipinski definition) is 15. The first-order valence-electron chi connectivity index (χ1n) is 23.5. The maximum Gasteiger partial charge on any atom is 0.326 e. The molecule has 0 radical (unpaired) electrons. The van der Waals surface area contributed by atoms with E-state index in [4.69, 9.17) is 45.9 Å². The summed E-state index contributed by atoms with van der Waals surface area (Å²) in [4.78, 5) is 94.5. The lowest BCUT2D eigenvalue weighted by molar-refractivity contribution is -0.142. The van der Waals surface area contributed by atoms with E-state index in [0.29, 0.717) is 142 Å². The van der Waals surface area contributed by atoms with Gasteiger partial charge in [-0.25, -0.2) is 4.79 Å². The normalized spacial score (nSPS) is 14.5. The van der Waals surface area contributed by atoms with Crippen molar-refractivity contribution in [2.75, 3.05) is 45.8 Å². The van der Waals surface area contributed by atoms with Gasteiger partial charge in [-0.15, -0.1) is 0 Å². The first-order chi connectivity index (χ1) is 30.7. The molecular weight excluding hydrogens is 829 g/mol. The summed E-state index contributed by atoms with van der Waals surface area (Å²) in [6.45, 7) is 2.51. The van der Waals surface area contributed by atoms with E-state index in [1.54, 1.807) is 0 Å². The molecule has 0 aliphatic heterocycles. The summed E-state index contributed by atoms with van der Waals surface area (Å²) in [6.07, 6.45) is 8.75. The van der Waals surface area contributed by atoms with Crippen LogP contribution >= 0.6 is 0 Å². The Balaban J connectivity index is 6.50. The van der Waals surface area contributed by atoms with Crippen LogP contribution in [-0.4, -0.2) is 135 Å². The zero-order chi connectivity index (χ0) is 48.1. The van der Waals surface area contributed by atoms with Gasteiger partial charge in [0.2, 0.25) is 35.4 Å². The third-order valence-electron chi connectivity index (χ3n) is 10.8. The van der Waals surface area contributed by atoms with Crippen LogP contribution in [0.1, 0.15) is 135 Å². The van der Waals surface area contributed by atoms with Gasteiger partial charge in [-0.3, -0.25) is 28.8 Å². The van der Waals surface area contributed by atoms with Gasteiger partial charge in [-0.2, -0.15) is 0 Å². The largest absolute Gasteiger partial charge is 0.480 e. The Kier molecular flexibility index (Phi) is 35.8. The summed E-state index contributed by atoms with van der Waals surface area (Å²) < 4.78 is 0. The average Bonchev–Trinajstić information content (AvgIpc) is 3.26. The Morgan fingerprint density at radius 3 is 0.703 bits per heavy atom. The highest BCUT2D eigenvalue weighted by atomic mass is 16.4. The van der Waals surface area contributed by atoms with Crippen LogP contribution in [0.25, 0.3) is 0 Å². The Labute approximate surface area is 380 Å². The summed E-state index contributed by atoms with van der Waals surface area (Å²) in [7, 11) is 0. The van der Waals surface area contributed by atoms with Crippen LogP contribution in [0, 0.1) is 0 Å². The molecule has 22 nitrogen and oxygen atoms in total. The fraction of sp³-hybridized carbons (Fsp3) is 0.833. The summed E-state index contributed by atoms with van der Waals surface area (Å²) >= 11 is 0. The van der Waals surface area contributed by atoms with Gasteiger partial charge < -0.3 is 82.9 Å². The second-order valence-electron chi connectivity index (χ2n) is 16.3. The van der Waals surface area contributed by atoms with Crippen molar-refractivity contribution in [3.63, 3.8) is 0 Å². The Hall–Kier alpha value is -4.03. The minimum Gasteiger partial charge on any atom is -0.480 e. The number of hydrogen-bond acceptors (Lipinski definition) is 15. The maximum atomic E-state index is 14.1. The van der Waals surface area contributed by atoms with Gasteiger partial charge >= 0.3 is 5.97 Å². The van der Waals surface area contributed by atoms with E-state index in [0.717, 1.165) is 0 Å². The van der Waals surface area contributed by atoms with E-state index >= 15 is 0 Å². The van der Waals surface area contributed by atoms with E-state index < -0.39 is 83.7 Å². The molecule has 0 heterocycles. The van der Waals surface area contributed by atoms with Gasteiger partial charge in [0.15, 0.2) is 0 Å². The first kappa shape index (κ1) is 60.0. The summed E-state index contributed by atoms with van der Waals surface area (Å²) in [6, 6.07) is -7.70. The van der Waals surface area contributed by atoms with Gasteiger partial charge in [0.05, 0.1) is 6.04 Å². The molecule has 0 rings (SSSR count). The Bertz CT molecular complexity index is 1330. The third kappa shape index (κ3) is 27.3. The molecule has 0 bridgehead atoms. The standard InChI is InChI=1S/C42H86N14O8/c43-22-8-1-15-29(50)36(57)51-30(16-2-9-23-44)37(58)52-31(17-3-10-24-45)38(59)53-32(18-4-11-25-46)39(60)54-33(19-5-12-26-47)40(61)55-34(20-6-13-27-48)41(62)56-35(42(63)64)21-7-14-28-49/h29-35H,1-28,43-50H2,(H,51,57)(H,52,58)(H,53,59)(H,54,60)(H,55,61)(H,56,62)(H,63,64). The number of nitrogens with two attached hydrogens (primary N) is 8. The van der Waals surface area contributed by atoms with Crippen LogP contribution < -0.4 is 77.8 Å². The fourth-order valence-electron chi connectivity index (χ4n) is 6.84. The predicted octanol–water partition coefficient (Wildman–Crippen LogP) is -2.79. The van der Waals surface area contributed by atoms with Crippen molar-refractivity contribution in [2.24, 2.45) is 45.9 Å². The minimum absolute atomic E-state index is 0.137. The van der Waals surface area contributed by atoms with Crippen LogP contribution in [0.15, 0.2) is 0 Å². The number of nitrogens with one attached hydrogen (secondary N) is 6. The van der Waals surface area contributed by atoms with Crippen molar-refractivity contribution < 1.29 is 38.7 Å². The van der Waals surface area contributed by atoms with Gasteiger partial charge in [-0.1, -0.05) is 6.42 Å². The van der Waals surface area contributed by atoms with Gasteiger partial charge in [0.1, 0.15) is 36.3 Å². The monoisotopic (exact) mass is 915 g/mol. The minimum atomic E-state index is -1.23. The predicted molar refractivity (Wildman–Crippen MR) is 248 cm³/mol. The molecule has 7 atom stereocenters. The average molecular weight is 915 g/mol.